The molecular formula is C8H13N3O3. The Morgan fingerprint density at radius 1 is 1.36 bits per heavy atom. The number of aliphatic hydroxyl groups is 1. The lowest BCUT2D eigenvalue weighted by Gasteiger charge is -2.05. The Hall–Kier alpha value is -1.43. The summed E-state index contributed by atoms with van der Waals surface area (Å²) in [5.41, 5.74) is 0. The third-order valence-corrected chi connectivity index (χ3v) is 1.75. The molecule has 0 aromatic heterocycles. The van der Waals surface area contributed by atoms with Gasteiger partial charge in [-0.3, -0.25) is 20.2 Å². The van der Waals surface area contributed by atoms with Crippen LogP contribution in [0.25, 0.3) is 0 Å². The first-order chi connectivity index (χ1) is 6.63. The molecule has 6 nitrogen and oxygen atoms in total. The van der Waals surface area contributed by atoms with Gasteiger partial charge in [-0.2, -0.15) is 0 Å². The lowest BCUT2D eigenvalue weighted by molar-refractivity contribution is -0.135. The van der Waals surface area contributed by atoms with E-state index in [1.807, 2.05) is 6.92 Å². The molecule has 1 rings (SSSR count). The molecule has 0 spiro atoms. The van der Waals surface area contributed by atoms with Crippen LogP contribution in [0, 0.1) is 0 Å². The Labute approximate surface area is 81.4 Å². The Bertz CT molecular complexity index is 257. The number of hydrogen-bond donors (Lipinski definition) is 3. The van der Waals surface area contributed by atoms with Gasteiger partial charge >= 0.3 is 11.8 Å². The molecule has 78 valence electrons. The number of rotatable bonds is 4. The SMILES string of the molecule is CCCC(O)CN=C1NC(=O)C(=O)N1. The lowest BCUT2D eigenvalue weighted by Crippen LogP contribution is -2.27. The first-order valence-corrected chi connectivity index (χ1v) is 4.48. The average Bonchev–Trinajstić information content (AvgIpc) is 2.44. The predicted molar refractivity (Wildman–Crippen MR) is 49.5 cm³/mol. The van der Waals surface area contributed by atoms with E-state index >= 15 is 0 Å². The van der Waals surface area contributed by atoms with Crippen molar-refractivity contribution in [1.29, 1.82) is 0 Å². The van der Waals surface area contributed by atoms with Crippen molar-refractivity contribution in [3.05, 3.63) is 0 Å². The van der Waals surface area contributed by atoms with Crippen LogP contribution in [0.5, 0.6) is 0 Å². The van der Waals surface area contributed by atoms with Gasteiger partial charge in [0.05, 0.1) is 12.6 Å². The summed E-state index contributed by atoms with van der Waals surface area (Å²) in [7, 11) is 0. The van der Waals surface area contributed by atoms with E-state index in [4.69, 9.17) is 0 Å². The number of guanidine groups is 1. The largest absolute Gasteiger partial charge is 0.391 e. The van der Waals surface area contributed by atoms with E-state index in [1.165, 1.54) is 0 Å². The van der Waals surface area contributed by atoms with E-state index in [-0.39, 0.29) is 12.5 Å². The molecule has 1 heterocycles. The van der Waals surface area contributed by atoms with Crippen molar-refractivity contribution in [3.8, 4) is 0 Å². The van der Waals surface area contributed by atoms with E-state index in [2.05, 4.69) is 15.6 Å². The highest BCUT2D eigenvalue weighted by Gasteiger charge is 2.24. The van der Waals surface area contributed by atoms with Crippen LogP contribution in [0.4, 0.5) is 0 Å². The highest BCUT2D eigenvalue weighted by Crippen LogP contribution is 1.96. The van der Waals surface area contributed by atoms with Gasteiger partial charge in [0.2, 0.25) is 5.96 Å². The van der Waals surface area contributed by atoms with E-state index in [9.17, 15) is 14.7 Å². The normalized spacial score (nSPS) is 17.7. The minimum Gasteiger partial charge on any atom is -0.391 e. The highest BCUT2D eigenvalue weighted by atomic mass is 16.3. The highest BCUT2D eigenvalue weighted by molar-refractivity contribution is 6.45. The van der Waals surface area contributed by atoms with Crippen LogP contribution < -0.4 is 10.6 Å². The molecule has 0 aromatic carbocycles. The molecular weight excluding hydrogens is 186 g/mol. The van der Waals surface area contributed by atoms with Crippen LogP contribution in [0.1, 0.15) is 19.8 Å². The minimum atomic E-state index is -0.714. The fraction of sp³-hybridized carbons (Fsp3) is 0.625. The minimum absolute atomic E-state index is 0.121. The number of aliphatic hydroxyl groups excluding tert-OH is 1. The Morgan fingerprint density at radius 3 is 2.43 bits per heavy atom. The van der Waals surface area contributed by atoms with Gasteiger partial charge in [-0.25, -0.2) is 4.99 Å². The number of nitrogens with zero attached hydrogens (tertiary/aromatic N) is 1. The Morgan fingerprint density at radius 2 is 1.93 bits per heavy atom. The van der Waals surface area contributed by atoms with Crippen LogP contribution in [-0.4, -0.2) is 35.5 Å². The van der Waals surface area contributed by atoms with Gasteiger partial charge in [-0.1, -0.05) is 13.3 Å². The summed E-state index contributed by atoms with van der Waals surface area (Å²) in [6.07, 6.45) is 0.991. The van der Waals surface area contributed by atoms with Crippen molar-refractivity contribution >= 4 is 17.8 Å². The van der Waals surface area contributed by atoms with Crippen molar-refractivity contribution in [2.75, 3.05) is 6.54 Å². The smallest absolute Gasteiger partial charge is 0.316 e. The van der Waals surface area contributed by atoms with Crippen LogP contribution in [0.2, 0.25) is 0 Å². The molecule has 1 atom stereocenters. The molecule has 0 radical (unpaired) electrons. The molecule has 14 heavy (non-hydrogen) atoms. The third-order valence-electron chi connectivity index (χ3n) is 1.75. The molecule has 1 aliphatic heterocycles. The van der Waals surface area contributed by atoms with Gasteiger partial charge in [0.1, 0.15) is 0 Å². The Balaban J connectivity index is 2.39. The fourth-order valence-electron chi connectivity index (χ4n) is 1.06. The van der Waals surface area contributed by atoms with E-state index in [0.717, 1.165) is 6.42 Å². The molecule has 1 unspecified atom stereocenters. The van der Waals surface area contributed by atoms with Crippen LogP contribution >= 0.6 is 0 Å². The van der Waals surface area contributed by atoms with Crippen molar-refractivity contribution in [2.24, 2.45) is 4.99 Å². The van der Waals surface area contributed by atoms with Gasteiger partial charge in [-0.15, -0.1) is 0 Å². The van der Waals surface area contributed by atoms with Gasteiger partial charge in [0, 0.05) is 0 Å². The fourth-order valence-corrected chi connectivity index (χ4v) is 1.06. The second kappa shape index (κ2) is 4.71. The van der Waals surface area contributed by atoms with Crippen molar-refractivity contribution in [2.45, 2.75) is 25.9 Å². The molecule has 1 saturated heterocycles. The number of hydrogen-bond acceptors (Lipinski definition) is 4. The van der Waals surface area contributed by atoms with Crippen molar-refractivity contribution in [1.82, 2.24) is 10.6 Å². The summed E-state index contributed by atoms with van der Waals surface area (Å²) in [5.74, 6) is -1.31. The first-order valence-electron chi connectivity index (χ1n) is 4.48. The van der Waals surface area contributed by atoms with Crippen molar-refractivity contribution in [3.63, 3.8) is 0 Å². The summed E-state index contributed by atoms with van der Waals surface area (Å²) in [4.78, 5) is 25.2. The van der Waals surface area contributed by atoms with E-state index in [0.29, 0.717) is 6.42 Å². The van der Waals surface area contributed by atoms with Gasteiger partial charge in [0.15, 0.2) is 0 Å². The summed E-state index contributed by atoms with van der Waals surface area (Å²) < 4.78 is 0. The molecule has 0 saturated carbocycles. The second-order valence-electron chi connectivity index (χ2n) is 3.04. The lowest BCUT2D eigenvalue weighted by atomic mass is 10.2. The maximum absolute atomic E-state index is 10.7. The third kappa shape index (κ3) is 2.81. The zero-order valence-corrected chi connectivity index (χ0v) is 7.91. The van der Waals surface area contributed by atoms with Crippen molar-refractivity contribution < 1.29 is 14.7 Å². The molecule has 0 bridgehead atoms. The summed E-state index contributed by atoms with van der Waals surface area (Å²) in [6.45, 7) is 2.14. The molecule has 2 amide bonds. The quantitative estimate of drug-likeness (QED) is 0.494. The Kier molecular flexibility index (Phi) is 3.58. The summed E-state index contributed by atoms with van der Waals surface area (Å²) in [5, 5.41) is 13.8. The predicted octanol–water partition coefficient (Wildman–Crippen LogP) is -1.25. The monoisotopic (exact) mass is 199 g/mol. The molecule has 0 aliphatic carbocycles. The molecule has 1 fully saturated rings. The first kappa shape index (κ1) is 10.6. The van der Waals surface area contributed by atoms with Crippen LogP contribution in [0.15, 0.2) is 4.99 Å². The summed E-state index contributed by atoms with van der Waals surface area (Å²) in [6, 6.07) is 0. The number of carbonyl (C=O) groups is 2. The average molecular weight is 199 g/mol. The zero-order valence-electron chi connectivity index (χ0n) is 7.91. The number of nitrogens with one attached hydrogen (secondary N) is 2. The molecule has 6 heteroatoms. The van der Waals surface area contributed by atoms with E-state index in [1.54, 1.807) is 0 Å². The number of aliphatic imine (C=N–C) groups is 1. The number of amides is 2. The molecule has 1 aliphatic rings. The maximum atomic E-state index is 10.7. The van der Waals surface area contributed by atoms with Crippen LogP contribution in [0.3, 0.4) is 0 Å². The van der Waals surface area contributed by atoms with Gasteiger partial charge in [-0.05, 0) is 6.42 Å². The second-order valence-corrected chi connectivity index (χ2v) is 3.04. The topological polar surface area (TPSA) is 90.8 Å². The summed E-state index contributed by atoms with van der Waals surface area (Å²) >= 11 is 0. The van der Waals surface area contributed by atoms with Crippen LogP contribution in [-0.2, 0) is 9.59 Å². The van der Waals surface area contributed by atoms with Gasteiger partial charge < -0.3 is 5.11 Å². The molecule has 0 aromatic rings. The van der Waals surface area contributed by atoms with Gasteiger partial charge in [0.25, 0.3) is 0 Å². The zero-order chi connectivity index (χ0) is 10.6. The number of carbonyl (C=O) groups excluding carboxylic acids is 2. The molecule has 3 N–H and O–H groups in total. The van der Waals surface area contributed by atoms with E-state index < -0.39 is 17.9 Å². The standard InChI is InChI=1S/C8H13N3O3/c1-2-3-5(12)4-9-8-10-6(13)7(14)11-8/h5,12H,2-4H2,1H3,(H2,9,10,11,13,14). The maximum Gasteiger partial charge on any atom is 0.316 e.